The first kappa shape index (κ1) is 20.7. The van der Waals surface area contributed by atoms with Gasteiger partial charge in [-0.2, -0.15) is 0 Å². The summed E-state index contributed by atoms with van der Waals surface area (Å²) in [5.74, 6) is 3.98. The third-order valence-electron chi connectivity index (χ3n) is 10.5. The lowest BCUT2D eigenvalue weighted by molar-refractivity contribution is -0.165. The van der Waals surface area contributed by atoms with Crippen LogP contribution in [0.4, 0.5) is 0 Å². The van der Waals surface area contributed by atoms with Gasteiger partial charge in [-0.25, -0.2) is 0 Å². The monoisotopic (exact) mass is 390 g/mol. The number of aliphatic hydroxyl groups is 1. The highest BCUT2D eigenvalue weighted by molar-refractivity contribution is 5.66. The van der Waals surface area contributed by atoms with E-state index in [1.165, 1.54) is 44.9 Å². The average molecular weight is 391 g/mol. The van der Waals surface area contributed by atoms with Gasteiger partial charge in [0.2, 0.25) is 0 Å². The summed E-state index contributed by atoms with van der Waals surface area (Å²) in [5.41, 5.74) is 0.688. The van der Waals surface area contributed by atoms with E-state index in [1.54, 1.807) is 0 Å². The molecule has 0 aliphatic heterocycles. The predicted octanol–water partition coefficient (Wildman–Crippen LogP) is 5.75. The molecule has 0 aromatic rings. The fourth-order valence-corrected chi connectivity index (χ4v) is 9.03. The Bertz CT molecular complexity index is 603. The maximum Gasteiger partial charge on any atom is 0.303 e. The van der Waals surface area contributed by atoms with E-state index in [9.17, 15) is 9.90 Å². The number of hydrogen-bond acceptors (Lipinski definition) is 2. The minimum Gasteiger partial charge on any atom is -0.481 e. The van der Waals surface area contributed by atoms with Gasteiger partial charge in [0.1, 0.15) is 0 Å². The zero-order valence-electron chi connectivity index (χ0n) is 18.5. The molecule has 4 saturated carbocycles. The van der Waals surface area contributed by atoms with Crippen LogP contribution in [0.25, 0.3) is 0 Å². The number of hydrogen-bond donors (Lipinski definition) is 2. The van der Waals surface area contributed by atoms with Crippen molar-refractivity contribution in [2.24, 2.45) is 52.3 Å². The van der Waals surface area contributed by atoms with Crippen LogP contribution in [-0.4, -0.2) is 22.3 Å². The van der Waals surface area contributed by atoms with E-state index in [4.69, 9.17) is 5.11 Å². The first-order valence-electron chi connectivity index (χ1n) is 12.1. The van der Waals surface area contributed by atoms with E-state index < -0.39 is 5.97 Å². The van der Waals surface area contributed by atoms with Crippen LogP contribution in [0.1, 0.15) is 91.9 Å². The van der Waals surface area contributed by atoms with Gasteiger partial charge in [0.15, 0.2) is 0 Å². The standard InChI is InChI=1S/C25H42O3/c1-15-9-11-25(4)20-10-12-24(3)18(16(2)5-8-23(27)28)6-7-19(24)17(20)14-22(26)21(25)13-15/h15-22,26H,5-14H2,1-4H3,(H,27,28)/t15-,16?,17?,18+,19?,20?,21+,22+,24+,25+/m0/s1. The lowest BCUT2D eigenvalue weighted by atomic mass is 9.43. The summed E-state index contributed by atoms with van der Waals surface area (Å²) >= 11 is 0. The van der Waals surface area contributed by atoms with E-state index in [0.29, 0.717) is 40.9 Å². The Labute approximate surface area is 171 Å². The molecule has 3 nitrogen and oxygen atoms in total. The summed E-state index contributed by atoms with van der Waals surface area (Å²) in [6, 6.07) is 0. The fraction of sp³-hybridized carbons (Fsp3) is 0.960. The average Bonchev–Trinajstić information content (AvgIpc) is 2.99. The molecule has 160 valence electrons. The molecule has 4 rings (SSSR count). The molecular weight excluding hydrogens is 348 g/mol. The van der Waals surface area contributed by atoms with E-state index in [0.717, 1.165) is 30.6 Å². The maximum atomic E-state index is 11.2. The third-order valence-corrected chi connectivity index (χ3v) is 10.5. The smallest absolute Gasteiger partial charge is 0.303 e. The molecule has 4 aliphatic rings. The Kier molecular flexibility index (Phi) is 5.39. The minimum atomic E-state index is -0.656. The van der Waals surface area contributed by atoms with E-state index in [2.05, 4.69) is 27.7 Å². The molecule has 2 N–H and O–H groups in total. The second-order valence-corrected chi connectivity index (χ2v) is 11.8. The van der Waals surface area contributed by atoms with Crippen molar-refractivity contribution in [3.05, 3.63) is 0 Å². The normalized spacial score (nSPS) is 51.7. The molecule has 10 atom stereocenters. The molecular formula is C25H42O3. The highest BCUT2D eigenvalue weighted by atomic mass is 16.4. The maximum absolute atomic E-state index is 11.2. The van der Waals surface area contributed by atoms with Crippen molar-refractivity contribution < 1.29 is 15.0 Å². The molecule has 4 aliphatic carbocycles. The lowest BCUT2D eigenvalue weighted by Gasteiger charge is -2.62. The van der Waals surface area contributed by atoms with Gasteiger partial charge in [-0.05, 0) is 104 Å². The summed E-state index contributed by atoms with van der Waals surface area (Å²) in [6.07, 6.45) is 11.1. The number of carbonyl (C=O) groups is 1. The van der Waals surface area contributed by atoms with Gasteiger partial charge in [-0.15, -0.1) is 0 Å². The number of carboxylic acids is 1. The van der Waals surface area contributed by atoms with Crippen LogP contribution in [0.15, 0.2) is 0 Å². The van der Waals surface area contributed by atoms with Crippen molar-refractivity contribution in [3.8, 4) is 0 Å². The van der Waals surface area contributed by atoms with Crippen LogP contribution in [-0.2, 0) is 4.79 Å². The largest absolute Gasteiger partial charge is 0.481 e. The minimum absolute atomic E-state index is 0.111. The lowest BCUT2D eigenvalue weighted by Crippen LogP contribution is -2.57. The zero-order chi connectivity index (χ0) is 20.3. The molecule has 0 aromatic carbocycles. The fourth-order valence-electron chi connectivity index (χ4n) is 9.03. The number of aliphatic carboxylic acids is 1. The molecule has 4 unspecified atom stereocenters. The Morgan fingerprint density at radius 2 is 1.68 bits per heavy atom. The van der Waals surface area contributed by atoms with E-state index in [-0.39, 0.29) is 6.10 Å². The Morgan fingerprint density at radius 1 is 1.00 bits per heavy atom. The number of fused-ring (bicyclic) bond motifs is 5. The third kappa shape index (κ3) is 3.15. The summed E-state index contributed by atoms with van der Waals surface area (Å²) < 4.78 is 0. The van der Waals surface area contributed by atoms with E-state index >= 15 is 0 Å². The quantitative estimate of drug-likeness (QED) is 0.642. The van der Waals surface area contributed by atoms with Crippen LogP contribution >= 0.6 is 0 Å². The van der Waals surface area contributed by atoms with Crippen molar-refractivity contribution in [2.75, 3.05) is 0 Å². The summed E-state index contributed by atoms with van der Waals surface area (Å²) in [6.45, 7) is 9.71. The molecule has 4 fully saturated rings. The molecule has 28 heavy (non-hydrogen) atoms. The second-order valence-electron chi connectivity index (χ2n) is 11.8. The van der Waals surface area contributed by atoms with E-state index in [1.807, 2.05) is 0 Å². The van der Waals surface area contributed by atoms with Crippen molar-refractivity contribution in [1.29, 1.82) is 0 Å². The summed E-state index contributed by atoms with van der Waals surface area (Å²) in [4.78, 5) is 11.1. The first-order chi connectivity index (χ1) is 13.2. The highest BCUT2D eigenvalue weighted by Gasteiger charge is 2.62. The van der Waals surface area contributed by atoms with Crippen LogP contribution in [0, 0.1) is 52.3 Å². The SMILES string of the molecule is CC(CCC(=O)O)[C@H]1CCC2C3C[C@@H](O)[C@H]4C[C@@H](C)CC[C@]4(C)C3CC[C@@]21C. The molecule has 0 bridgehead atoms. The van der Waals surface area contributed by atoms with Gasteiger partial charge < -0.3 is 10.2 Å². The molecule has 0 heterocycles. The van der Waals surface area contributed by atoms with Crippen molar-refractivity contribution >= 4 is 5.97 Å². The van der Waals surface area contributed by atoms with Crippen molar-refractivity contribution in [2.45, 2.75) is 98.0 Å². The van der Waals surface area contributed by atoms with Crippen LogP contribution in [0.2, 0.25) is 0 Å². The first-order valence-corrected chi connectivity index (χ1v) is 12.1. The molecule has 0 radical (unpaired) electrons. The van der Waals surface area contributed by atoms with Gasteiger partial charge in [0.25, 0.3) is 0 Å². The second kappa shape index (κ2) is 7.29. The number of aliphatic hydroxyl groups excluding tert-OH is 1. The molecule has 0 amide bonds. The van der Waals surface area contributed by atoms with Crippen molar-refractivity contribution in [3.63, 3.8) is 0 Å². The van der Waals surface area contributed by atoms with Crippen LogP contribution < -0.4 is 0 Å². The molecule has 0 spiro atoms. The van der Waals surface area contributed by atoms with Gasteiger partial charge in [0.05, 0.1) is 6.10 Å². The summed E-state index contributed by atoms with van der Waals surface area (Å²) in [5, 5.41) is 20.3. The number of carboxylic acid groups (broad SMARTS) is 1. The topological polar surface area (TPSA) is 57.5 Å². The zero-order valence-corrected chi connectivity index (χ0v) is 18.5. The Hall–Kier alpha value is -0.570. The van der Waals surface area contributed by atoms with Gasteiger partial charge in [-0.3, -0.25) is 4.79 Å². The Morgan fingerprint density at radius 3 is 2.39 bits per heavy atom. The van der Waals surface area contributed by atoms with Crippen LogP contribution in [0.5, 0.6) is 0 Å². The van der Waals surface area contributed by atoms with Gasteiger partial charge in [0, 0.05) is 6.42 Å². The summed E-state index contributed by atoms with van der Waals surface area (Å²) in [7, 11) is 0. The predicted molar refractivity (Wildman–Crippen MR) is 112 cm³/mol. The van der Waals surface area contributed by atoms with Crippen LogP contribution in [0.3, 0.4) is 0 Å². The van der Waals surface area contributed by atoms with Gasteiger partial charge in [-0.1, -0.05) is 34.1 Å². The number of rotatable bonds is 4. The Balaban J connectivity index is 1.55. The molecule has 0 aromatic heterocycles. The highest BCUT2D eigenvalue weighted by Crippen LogP contribution is 2.68. The van der Waals surface area contributed by atoms with Crippen molar-refractivity contribution in [1.82, 2.24) is 0 Å². The molecule has 0 saturated heterocycles. The van der Waals surface area contributed by atoms with Gasteiger partial charge >= 0.3 is 5.97 Å². The molecule has 3 heteroatoms.